The summed E-state index contributed by atoms with van der Waals surface area (Å²) >= 11 is 0. The van der Waals surface area contributed by atoms with Crippen molar-refractivity contribution in [3.05, 3.63) is 24.3 Å². The van der Waals surface area contributed by atoms with Crippen molar-refractivity contribution in [2.75, 3.05) is 0 Å². The number of hydrogen-bond donors (Lipinski definition) is 2. The number of aliphatic carboxylic acids is 1. The van der Waals surface area contributed by atoms with Gasteiger partial charge in [0.1, 0.15) is 10.7 Å². The molecule has 0 aliphatic heterocycles. The van der Waals surface area contributed by atoms with Gasteiger partial charge >= 0.3 is 5.97 Å². The van der Waals surface area contributed by atoms with Gasteiger partial charge in [-0.05, 0) is 33.8 Å². The summed E-state index contributed by atoms with van der Waals surface area (Å²) in [4.78, 5) is 14.3. The van der Waals surface area contributed by atoms with E-state index in [0.29, 0.717) is 0 Å². The lowest BCUT2D eigenvalue weighted by molar-refractivity contribution is -0.150. The number of carboxylic acid groups (broad SMARTS) is 1. The van der Waals surface area contributed by atoms with Crippen molar-refractivity contribution < 1.29 is 22.7 Å². The van der Waals surface area contributed by atoms with E-state index in [0.717, 1.165) is 18.5 Å². The van der Waals surface area contributed by atoms with E-state index in [1.165, 1.54) is 27.7 Å². The van der Waals surface area contributed by atoms with Gasteiger partial charge in [-0.2, -0.15) is 0 Å². The molecule has 0 aliphatic rings. The van der Waals surface area contributed by atoms with Crippen molar-refractivity contribution in [3.8, 4) is 0 Å². The average Bonchev–Trinajstić information content (AvgIpc) is 2.27. The van der Waals surface area contributed by atoms with Crippen molar-refractivity contribution in [1.82, 2.24) is 9.71 Å². The first-order valence-electron chi connectivity index (χ1n) is 5.78. The molecule has 20 heavy (non-hydrogen) atoms. The monoisotopic (exact) mass is 304 g/mol. The van der Waals surface area contributed by atoms with Gasteiger partial charge in [-0.3, -0.25) is 9.78 Å². The number of aromatic nitrogens is 1. The molecule has 6 nitrogen and oxygen atoms in total. The third-order valence-corrected chi connectivity index (χ3v) is 5.10. The summed E-state index contributed by atoms with van der Waals surface area (Å²) in [6, 6.07) is 0.819. The molecular formula is C12H17FN2O4S. The van der Waals surface area contributed by atoms with Crippen LogP contribution in [0.4, 0.5) is 4.39 Å². The van der Waals surface area contributed by atoms with Gasteiger partial charge in [0.25, 0.3) is 0 Å². The minimum absolute atomic E-state index is 0.355. The topological polar surface area (TPSA) is 96.4 Å². The molecular weight excluding hydrogens is 287 g/mol. The molecule has 0 aliphatic carbocycles. The highest BCUT2D eigenvalue weighted by atomic mass is 32.2. The van der Waals surface area contributed by atoms with Gasteiger partial charge in [-0.15, -0.1) is 0 Å². The van der Waals surface area contributed by atoms with Crippen LogP contribution in [0.15, 0.2) is 23.4 Å². The molecule has 0 unspecified atom stereocenters. The van der Waals surface area contributed by atoms with E-state index < -0.39 is 32.8 Å². The smallest absolute Gasteiger partial charge is 0.310 e. The molecule has 1 aromatic rings. The molecule has 8 heteroatoms. The summed E-state index contributed by atoms with van der Waals surface area (Å²) in [5.41, 5.74) is -2.65. The van der Waals surface area contributed by atoms with Gasteiger partial charge in [0.05, 0.1) is 11.6 Å². The lowest BCUT2D eigenvalue weighted by atomic mass is 9.75. The fourth-order valence-corrected chi connectivity index (χ4v) is 2.84. The normalized spacial score (nSPS) is 13.2. The van der Waals surface area contributed by atoms with E-state index in [1.54, 1.807) is 0 Å². The maximum absolute atomic E-state index is 13.0. The highest BCUT2D eigenvalue weighted by molar-refractivity contribution is 7.89. The minimum atomic E-state index is -4.07. The maximum atomic E-state index is 13.0. The molecule has 0 atom stereocenters. The maximum Gasteiger partial charge on any atom is 0.310 e. The Morgan fingerprint density at radius 3 is 2.30 bits per heavy atom. The molecule has 0 aromatic carbocycles. The van der Waals surface area contributed by atoms with E-state index in [1.807, 2.05) is 0 Å². The largest absolute Gasteiger partial charge is 0.481 e. The Morgan fingerprint density at radius 1 is 1.30 bits per heavy atom. The number of sulfonamides is 1. The zero-order chi connectivity index (χ0) is 15.8. The van der Waals surface area contributed by atoms with Gasteiger partial charge in [0.2, 0.25) is 10.0 Å². The minimum Gasteiger partial charge on any atom is -0.481 e. The second kappa shape index (κ2) is 5.10. The van der Waals surface area contributed by atoms with Crippen LogP contribution in [0.3, 0.4) is 0 Å². The standard InChI is InChI=1S/C12H17FN2O4S/c1-11(2,10(16)17)12(3,4)15-20(18,19)9-5-8(13)6-14-7-9/h5-7,15H,1-4H3,(H,16,17). The molecule has 1 aromatic heterocycles. The van der Waals surface area contributed by atoms with Crippen LogP contribution in [0.1, 0.15) is 27.7 Å². The lowest BCUT2D eigenvalue weighted by Crippen LogP contribution is -2.56. The molecule has 1 rings (SSSR count). The van der Waals surface area contributed by atoms with E-state index in [2.05, 4.69) is 9.71 Å². The van der Waals surface area contributed by atoms with E-state index in [9.17, 15) is 22.7 Å². The van der Waals surface area contributed by atoms with E-state index in [4.69, 9.17) is 0 Å². The number of carbonyl (C=O) groups is 1. The van der Waals surface area contributed by atoms with E-state index >= 15 is 0 Å². The first-order chi connectivity index (χ1) is 8.90. The molecule has 0 bridgehead atoms. The second-order valence-corrected chi connectivity index (χ2v) is 7.18. The predicted molar refractivity (Wildman–Crippen MR) is 70.0 cm³/mol. The summed E-state index contributed by atoms with van der Waals surface area (Å²) < 4.78 is 39.6. The van der Waals surface area contributed by atoms with Crippen molar-refractivity contribution in [2.24, 2.45) is 5.41 Å². The van der Waals surface area contributed by atoms with Gasteiger partial charge in [-0.1, -0.05) is 0 Å². The Bertz CT molecular complexity index is 626. The van der Waals surface area contributed by atoms with Crippen molar-refractivity contribution in [3.63, 3.8) is 0 Å². The van der Waals surface area contributed by atoms with Crippen LogP contribution in [0.5, 0.6) is 0 Å². The Morgan fingerprint density at radius 2 is 1.85 bits per heavy atom. The molecule has 0 amide bonds. The number of rotatable bonds is 5. The fourth-order valence-electron chi connectivity index (χ4n) is 1.33. The molecule has 112 valence electrons. The van der Waals surface area contributed by atoms with Crippen LogP contribution < -0.4 is 4.72 Å². The van der Waals surface area contributed by atoms with Gasteiger partial charge in [0.15, 0.2) is 0 Å². The Balaban J connectivity index is 3.17. The number of nitrogens with zero attached hydrogens (tertiary/aromatic N) is 1. The zero-order valence-electron chi connectivity index (χ0n) is 11.6. The number of halogens is 1. The number of hydrogen-bond acceptors (Lipinski definition) is 4. The van der Waals surface area contributed by atoms with Crippen LogP contribution >= 0.6 is 0 Å². The molecule has 0 fully saturated rings. The zero-order valence-corrected chi connectivity index (χ0v) is 12.5. The first-order valence-corrected chi connectivity index (χ1v) is 7.26. The van der Waals surface area contributed by atoms with Crippen LogP contribution in [0.2, 0.25) is 0 Å². The van der Waals surface area contributed by atoms with Gasteiger partial charge < -0.3 is 5.11 Å². The van der Waals surface area contributed by atoms with Crippen LogP contribution in [0.25, 0.3) is 0 Å². The highest BCUT2D eigenvalue weighted by Crippen LogP contribution is 2.32. The van der Waals surface area contributed by atoms with Crippen molar-refractivity contribution in [1.29, 1.82) is 0 Å². The molecule has 0 spiro atoms. The van der Waals surface area contributed by atoms with Gasteiger partial charge in [0, 0.05) is 11.7 Å². The van der Waals surface area contributed by atoms with Crippen molar-refractivity contribution in [2.45, 2.75) is 38.1 Å². The third kappa shape index (κ3) is 3.13. The summed E-state index contributed by atoms with van der Waals surface area (Å²) in [5, 5.41) is 9.18. The molecule has 0 saturated carbocycles. The fraction of sp³-hybridized carbons (Fsp3) is 0.500. The number of pyridine rings is 1. The number of carboxylic acids is 1. The predicted octanol–water partition coefficient (Wildman–Crippen LogP) is 1.39. The summed E-state index contributed by atoms with van der Waals surface area (Å²) in [6.45, 7) is 5.71. The molecule has 0 saturated heterocycles. The molecule has 0 radical (unpaired) electrons. The SMILES string of the molecule is CC(C)(NS(=O)(=O)c1cncc(F)c1)C(C)(C)C(=O)O. The second-order valence-electron chi connectivity index (χ2n) is 5.50. The molecule has 2 N–H and O–H groups in total. The summed E-state index contributed by atoms with van der Waals surface area (Å²) in [7, 11) is -4.07. The van der Waals surface area contributed by atoms with Crippen LogP contribution in [-0.4, -0.2) is 30.0 Å². The third-order valence-electron chi connectivity index (χ3n) is 3.48. The summed E-state index contributed by atoms with van der Waals surface area (Å²) in [5.74, 6) is -1.94. The molecule has 1 heterocycles. The highest BCUT2D eigenvalue weighted by Gasteiger charge is 2.46. The average molecular weight is 304 g/mol. The first kappa shape index (κ1) is 16.5. The quantitative estimate of drug-likeness (QED) is 0.857. The Labute approximate surface area is 117 Å². The summed E-state index contributed by atoms with van der Waals surface area (Å²) in [6.07, 6.45) is 1.88. The lowest BCUT2D eigenvalue weighted by Gasteiger charge is -2.38. The van der Waals surface area contributed by atoms with Gasteiger partial charge in [-0.25, -0.2) is 17.5 Å². The Hall–Kier alpha value is -1.54. The number of nitrogens with one attached hydrogen (secondary N) is 1. The van der Waals surface area contributed by atoms with Crippen LogP contribution in [-0.2, 0) is 14.8 Å². The van der Waals surface area contributed by atoms with E-state index in [-0.39, 0.29) is 4.90 Å². The van der Waals surface area contributed by atoms with Crippen LogP contribution in [0, 0.1) is 11.2 Å². The Kier molecular flexibility index (Phi) is 4.21. The van der Waals surface area contributed by atoms with Crippen molar-refractivity contribution >= 4 is 16.0 Å².